The first-order valence-corrected chi connectivity index (χ1v) is 9.01. The van der Waals surface area contributed by atoms with Gasteiger partial charge in [0.1, 0.15) is 11.5 Å². The van der Waals surface area contributed by atoms with Crippen LogP contribution in [0.4, 0.5) is 4.39 Å². The highest BCUT2D eigenvalue weighted by atomic mass is 32.1. The number of nitrogens with one attached hydrogen (secondary N) is 1. The number of carbonyl (C=O) groups is 1. The van der Waals surface area contributed by atoms with Gasteiger partial charge in [-0.05, 0) is 31.0 Å². The fourth-order valence-electron chi connectivity index (χ4n) is 3.38. The third kappa shape index (κ3) is 2.83. The second kappa shape index (κ2) is 6.24. The first kappa shape index (κ1) is 16.2. The smallest absolute Gasteiger partial charge is 0.270 e. The normalized spacial score (nSPS) is 20.2. The molecule has 1 fully saturated rings. The molecule has 1 aliphatic rings. The number of rotatable bonds is 4. The molecule has 4 rings (SSSR count). The number of aromatic nitrogens is 2. The lowest BCUT2D eigenvalue weighted by Gasteiger charge is -2.28. The second-order valence-corrected chi connectivity index (χ2v) is 7.25. The van der Waals surface area contributed by atoms with Gasteiger partial charge in [0, 0.05) is 30.1 Å². The van der Waals surface area contributed by atoms with Gasteiger partial charge in [0.15, 0.2) is 4.96 Å². The van der Waals surface area contributed by atoms with Crippen molar-refractivity contribution in [2.24, 2.45) is 0 Å². The van der Waals surface area contributed by atoms with E-state index in [4.69, 9.17) is 4.74 Å². The second-order valence-electron chi connectivity index (χ2n) is 6.37. The maximum Gasteiger partial charge on any atom is 0.270 e. The molecule has 1 N–H and O–H groups in total. The summed E-state index contributed by atoms with van der Waals surface area (Å²) >= 11 is 1.50. The van der Waals surface area contributed by atoms with Crippen LogP contribution in [-0.2, 0) is 10.2 Å². The van der Waals surface area contributed by atoms with Crippen molar-refractivity contribution in [3.8, 4) is 0 Å². The lowest BCUT2D eigenvalue weighted by atomic mass is 9.79. The summed E-state index contributed by atoms with van der Waals surface area (Å²) in [5, 5.41) is 4.94. The number of hydrogen-bond donors (Lipinski definition) is 1. The zero-order valence-electron chi connectivity index (χ0n) is 13.8. The lowest BCUT2D eigenvalue weighted by molar-refractivity contribution is 0.0932. The Hall–Kier alpha value is -2.25. The first-order valence-electron chi connectivity index (χ1n) is 8.13. The fraction of sp³-hybridized carbons (Fsp3) is 0.333. The van der Waals surface area contributed by atoms with Crippen molar-refractivity contribution in [3.05, 3.63) is 58.6 Å². The van der Waals surface area contributed by atoms with Crippen LogP contribution < -0.4 is 5.32 Å². The summed E-state index contributed by atoms with van der Waals surface area (Å²) in [6.45, 7) is 3.42. The average Bonchev–Trinajstić information content (AvgIpc) is 3.30. The predicted molar refractivity (Wildman–Crippen MR) is 93.7 cm³/mol. The summed E-state index contributed by atoms with van der Waals surface area (Å²) < 4.78 is 20.7. The number of hydrogen-bond acceptors (Lipinski definition) is 4. The van der Waals surface area contributed by atoms with Crippen LogP contribution in [0.25, 0.3) is 4.96 Å². The molecule has 0 radical (unpaired) electrons. The van der Waals surface area contributed by atoms with Gasteiger partial charge in [0.2, 0.25) is 0 Å². The molecule has 0 unspecified atom stereocenters. The van der Waals surface area contributed by atoms with Crippen molar-refractivity contribution in [2.75, 3.05) is 19.8 Å². The van der Waals surface area contributed by atoms with E-state index in [-0.39, 0.29) is 17.1 Å². The molecule has 3 aromatic rings. The Balaban J connectivity index is 1.57. The standard InChI is InChI=1S/C18H18FN3O2S/c1-12-15(22-7-9-25-17(22)21-12)16(23)20-10-18(6-8-24-11-18)13-2-4-14(19)5-3-13/h2-5,7,9H,6,8,10-11H2,1H3,(H,20,23)/t18-/m0/s1. The van der Waals surface area contributed by atoms with Gasteiger partial charge in [0.05, 0.1) is 12.3 Å². The van der Waals surface area contributed by atoms with Crippen LogP contribution in [0.3, 0.4) is 0 Å². The number of benzene rings is 1. The van der Waals surface area contributed by atoms with Gasteiger partial charge in [0.25, 0.3) is 5.91 Å². The van der Waals surface area contributed by atoms with E-state index >= 15 is 0 Å². The van der Waals surface area contributed by atoms with Crippen LogP contribution in [0.1, 0.15) is 28.2 Å². The zero-order chi connectivity index (χ0) is 17.4. The number of thiazole rings is 1. The van der Waals surface area contributed by atoms with E-state index in [1.54, 1.807) is 12.1 Å². The molecule has 130 valence electrons. The van der Waals surface area contributed by atoms with Crippen LogP contribution in [-0.4, -0.2) is 35.1 Å². The molecule has 0 saturated carbocycles. The minimum atomic E-state index is -0.324. The minimum absolute atomic E-state index is 0.156. The van der Waals surface area contributed by atoms with Gasteiger partial charge in [-0.3, -0.25) is 9.20 Å². The van der Waals surface area contributed by atoms with E-state index < -0.39 is 0 Å². The highest BCUT2D eigenvalue weighted by Crippen LogP contribution is 2.33. The van der Waals surface area contributed by atoms with Crippen LogP contribution in [0.5, 0.6) is 0 Å². The van der Waals surface area contributed by atoms with Crippen LogP contribution >= 0.6 is 11.3 Å². The molecule has 7 heteroatoms. The summed E-state index contributed by atoms with van der Waals surface area (Å²) in [4.78, 5) is 18.0. The van der Waals surface area contributed by atoms with Crippen molar-refractivity contribution < 1.29 is 13.9 Å². The minimum Gasteiger partial charge on any atom is -0.380 e. The molecular weight excluding hydrogens is 341 g/mol. The third-order valence-electron chi connectivity index (χ3n) is 4.80. The van der Waals surface area contributed by atoms with E-state index in [0.29, 0.717) is 31.1 Å². The van der Waals surface area contributed by atoms with E-state index in [1.807, 2.05) is 22.9 Å². The van der Waals surface area contributed by atoms with E-state index in [0.717, 1.165) is 16.9 Å². The quantitative estimate of drug-likeness (QED) is 0.779. The van der Waals surface area contributed by atoms with Gasteiger partial charge in [-0.1, -0.05) is 12.1 Å². The monoisotopic (exact) mass is 359 g/mol. The summed E-state index contributed by atoms with van der Waals surface area (Å²) in [6, 6.07) is 6.45. The summed E-state index contributed by atoms with van der Waals surface area (Å²) in [5.74, 6) is -0.423. The Morgan fingerprint density at radius 1 is 1.44 bits per heavy atom. The Bertz CT molecular complexity index is 910. The Kier molecular flexibility index (Phi) is 4.05. The van der Waals surface area contributed by atoms with E-state index in [9.17, 15) is 9.18 Å². The molecule has 25 heavy (non-hydrogen) atoms. The van der Waals surface area contributed by atoms with E-state index in [2.05, 4.69) is 10.3 Å². The van der Waals surface area contributed by atoms with Gasteiger partial charge in [-0.2, -0.15) is 0 Å². The number of carbonyl (C=O) groups excluding carboxylic acids is 1. The van der Waals surface area contributed by atoms with Crippen molar-refractivity contribution in [2.45, 2.75) is 18.8 Å². The van der Waals surface area contributed by atoms with Gasteiger partial charge < -0.3 is 10.1 Å². The molecule has 1 saturated heterocycles. The molecule has 0 aliphatic carbocycles. The maximum atomic E-state index is 13.3. The molecule has 5 nitrogen and oxygen atoms in total. The van der Waals surface area contributed by atoms with Crippen molar-refractivity contribution in [3.63, 3.8) is 0 Å². The number of halogens is 1. The summed E-state index contributed by atoms with van der Waals surface area (Å²) in [5.41, 5.74) is 1.93. The topological polar surface area (TPSA) is 55.6 Å². The lowest BCUT2D eigenvalue weighted by Crippen LogP contribution is -2.41. The molecule has 2 aromatic heterocycles. The summed E-state index contributed by atoms with van der Waals surface area (Å²) in [7, 11) is 0. The SMILES string of the molecule is Cc1nc2sccn2c1C(=O)NC[C@@]1(c2ccc(F)cc2)CCOC1. The molecule has 1 aromatic carbocycles. The molecule has 1 atom stereocenters. The number of fused-ring (bicyclic) bond motifs is 1. The Morgan fingerprint density at radius 2 is 2.24 bits per heavy atom. The molecule has 0 spiro atoms. The molecule has 1 amide bonds. The molecule has 1 aliphatic heterocycles. The van der Waals surface area contributed by atoms with Gasteiger partial charge in [-0.15, -0.1) is 11.3 Å². The molecule has 3 heterocycles. The highest BCUT2D eigenvalue weighted by Gasteiger charge is 2.37. The first-order chi connectivity index (χ1) is 12.1. The van der Waals surface area contributed by atoms with Gasteiger partial charge in [-0.25, -0.2) is 9.37 Å². The van der Waals surface area contributed by atoms with Crippen LogP contribution in [0.15, 0.2) is 35.8 Å². The summed E-state index contributed by atoms with van der Waals surface area (Å²) in [6.07, 6.45) is 2.64. The molecular formula is C18H18FN3O2S. The maximum absolute atomic E-state index is 13.3. The average molecular weight is 359 g/mol. The number of ether oxygens (including phenoxy) is 1. The van der Waals surface area contributed by atoms with Crippen LogP contribution in [0, 0.1) is 12.7 Å². The predicted octanol–water partition coefficient (Wildman–Crippen LogP) is 2.93. The Morgan fingerprint density at radius 3 is 2.96 bits per heavy atom. The van der Waals surface area contributed by atoms with E-state index in [1.165, 1.54) is 23.5 Å². The zero-order valence-corrected chi connectivity index (χ0v) is 14.6. The largest absolute Gasteiger partial charge is 0.380 e. The van der Waals surface area contributed by atoms with Crippen molar-refractivity contribution in [1.82, 2.24) is 14.7 Å². The number of amides is 1. The van der Waals surface area contributed by atoms with Gasteiger partial charge >= 0.3 is 0 Å². The fourth-order valence-corrected chi connectivity index (χ4v) is 4.14. The number of aryl methyl sites for hydroxylation is 1. The molecule has 0 bridgehead atoms. The highest BCUT2D eigenvalue weighted by molar-refractivity contribution is 7.15. The van der Waals surface area contributed by atoms with Crippen molar-refractivity contribution in [1.29, 1.82) is 0 Å². The van der Waals surface area contributed by atoms with Crippen LogP contribution in [0.2, 0.25) is 0 Å². The number of imidazole rings is 1. The number of nitrogens with zero attached hydrogens (tertiary/aromatic N) is 2. The van der Waals surface area contributed by atoms with Crippen molar-refractivity contribution >= 4 is 22.2 Å². The third-order valence-corrected chi connectivity index (χ3v) is 5.56. The Labute approximate surface area is 148 Å².